The van der Waals surface area contributed by atoms with Crippen LogP contribution in [0.3, 0.4) is 0 Å². The highest BCUT2D eigenvalue weighted by molar-refractivity contribution is 6.29. The second kappa shape index (κ2) is 19.2. The Labute approximate surface area is 307 Å². The Balaban J connectivity index is 2.16. The molecule has 20 nitrogen and oxygen atoms in total. The van der Waals surface area contributed by atoms with Crippen molar-refractivity contribution in [1.82, 2.24) is 10.3 Å². The van der Waals surface area contributed by atoms with Gasteiger partial charge in [-0.15, -0.1) is 0 Å². The van der Waals surface area contributed by atoms with Gasteiger partial charge in [0.25, 0.3) is 5.91 Å². The molecule has 21 heteroatoms. The fourth-order valence-electron chi connectivity index (χ4n) is 5.35. The first kappa shape index (κ1) is 42.5. The number of pyridine rings is 1. The predicted octanol–water partition coefficient (Wildman–Crippen LogP) is 0.0845. The minimum atomic E-state index is -1.86. The van der Waals surface area contributed by atoms with Crippen molar-refractivity contribution in [2.24, 2.45) is 0 Å². The van der Waals surface area contributed by atoms with E-state index in [1.807, 2.05) is 0 Å². The highest BCUT2D eigenvalue weighted by Gasteiger charge is 2.57. The van der Waals surface area contributed by atoms with Crippen molar-refractivity contribution in [2.45, 2.75) is 110 Å². The standard InChI is InChI=1S/C32H39ClN2O18/c1-13(36)44-11-21-25(26(47-16(4)39)28(49-18(6)41)31(51-21)35-30(43)20-8-9-23(33)34-10-20)53-32-29(50-19(7)42)27(48-17(5)40)24(46-15(3)38)22(52-32)12-45-14(2)37/h8-10,21-22,24-29,31-32H,11-12H2,1-7H3,(H,35,43)/t21-,22-,24-,25-,26+,27+,28-,29-,31-,32+/m1/s1. The predicted molar refractivity (Wildman–Crippen MR) is 170 cm³/mol. The first-order chi connectivity index (χ1) is 24.9. The maximum Gasteiger partial charge on any atom is 0.303 e. The summed E-state index contributed by atoms with van der Waals surface area (Å²) >= 11 is 5.84. The second-order valence-electron chi connectivity index (χ2n) is 11.6. The highest BCUT2D eigenvalue weighted by atomic mass is 35.5. The van der Waals surface area contributed by atoms with E-state index < -0.39 is 122 Å². The van der Waals surface area contributed by atoms with Crippen molar-refractivity contribution >= 4 is 59.3 Å². The quantitative estimate of drug-likeness (QED) is 0.158. The number of rotatable bonds is 13. The number of aromatic nitrogens is 1. The van der Waals surface area contributed by atoms with Crippen LogP contribution in [0.25, 0.3) is 0 Å². The zero-order chi connectivity index (χ0) is 39.6. The molecule has 292 valence electrons. The van der Waals surface area contributed by atoms with Gasteiger partial charge >= 0.3 is 41.8 Å². The van der Waals surface area contributed by atoms with Gasteiger partial charge in [0.05, 0.1) is 5.56 Å². The van der Waals surface area contributed by atoms with E-state index in [9.17, 15) is 38.4 Å². The number of amides is 1. The van der Waals surface area contributed by atoms with Crippen LogP contribution in [0, 0.1) is 0 Å². The van der Waals surface area contributed by atoms with Crippen molar-refractivity contribution < 1.29 is 85.7 Å². The Hall–Kier alpha value is -4.92. The van der Waals surface area contributed by atoms with Gasteiger partial charge in [-0.3, -0.25) is 38.4 Å². The molecule has 1 N–H and O–H groups in total. The molecule has 0 radical (unpaired) electrons. The van der Waals surface area contributed by atoms with E-state index in [0.717, 1.165) is 54.7 Å². The zero-order valence-electron chi connectivity index (χ0n) is 29.6. The Bertz CT molecular complexity index is 1540. The summed E-state index contributed by atoms with van der Waals surface area (Å²) in [6.07, 6.45) is -15.3. The topological polar surface area (TPSA) is 254 Å². The van der Waals surface area contributed by atoms with Gasteiger partial charge in [-0.2, -0.15) is 0 Å². The Morgan fingerprint density at radius 3 is 1.53 bits per heavy atom. The third-order valence-corrected chi connectivity index (χ3v) is 7.41. The van der Waals surface area contributed by atoms with Crippen LogP contribution in [0.1, 0.15) is 58.8 Å². The van der Waals surface area contributed by atoms with Crippen LogP contribution in [0.2, 0.25) is 5.15 Å². The lowest BCUT2D eigenvalue weighted by molar-refractivity contribution is -0.345. The van der Waals surface area contributed by atoms with E-state index in [-0.39, 0.29) is 10.7 Å². The van der Waals surface area contributed by atoms with Gasteiger partial charge < -0.3 is 52.7 Å². The monoisotopic (exact) mass is 774 g/mol. The number of nitrogens with zero attached hydrogens (tertiary/aromatic N) is 1. The number of hydrogen-bond acceptors (Lipinski definition) is 19. The molecule has 0 unspecified atom stereocenters. The smallest absolute Gasteiger partial charge is 0.303 e. The maximum atomic E-state index is 13.3. The van der Waals surface area contributed by atoms with Crippen LogP contribution in [0.15, 0.2) is 18.3 Å². The number of hydrogen-bond donors (Lipinski definition) is 1. The molecule has 53 heavy (non-hydrogen) atoms. The lowest BCUT2D eigenvalue weighted by atomic mass is 9.95. The van der Waals surface area contributed by atoms with E-state index in [0.29, 0.717) is 0 Å². The minimum absolute atomic E-state index is 0.00369. The number of halogens is 1. The van der Waals surface area contributed by atoms with E-state index in [2.05, 4.69) is 10.3 Å². The van der Waals surface area contributed by atoms with Gasteiger partial charge in [-0.25, -0.2) is 4.98 Å². The lowest BCUT2D eigenvalue weighted by Gasteiger charge is -2.48. The summed E-state index contributed by atoms with van der Waals surface area (Å²) in [6.45, 7) is 6.01. The fourth-order valence-corrected chi connectivity index (χ4v) is 5.46. The number of carbonyl (C=O) groups excluding carboxylic acids is 8. The van der Waals surface area contributed by atoms with Crippen LogP contribution < -0.4 is 5.32 Å². The van der Waals surface area contributed by atoms with E-state index >= 15 is 0 Å². The second-order valence-corrected chi connectivity index (χ2v) is 11.9. The zero-order valence-corrected chi connectivity index (χ0v) is 30.3. The number of carbonyl (C=O) groups is 8. The van der Waals surface area contributed by atoms with Crippen LogP contribution in [-0.2, 0) is 80.9 Å². The highest BCUT2D eigenvalue weighted by Crippen LogP contribution is 2.35. The summed E-state index contributed by atoms with van der Waals surface area (Å²) in [6, 6.07) is 2.68. The molecular weight excluding hydrogens is 736 g/mol. The average Bonchev–Trinajstić information content (AvgIpc) is 3.03. The normalized spacial score (nSPS) is 27.9. The number of esters is 7. The molecule has 1 amide bonds. The molecule has 3 rings (SSSR count). The van der Waals surface area contributed by atoms with Crippen LogP contribution >= 0.6 is 11.6 Å². The summed E-state index contributed by atoms with van der Waals surface area (Å²) in [7, 11) is 0. The van der Waals surface area contributed by atoms with Crippen molar-refractivity contribution in [3.8, 4) is 0 Å². The van der Waals surface area contributed by atoms with Crippen molar-refractivity contribution in [3.63, 3.8) is 0 Å². The lowest BCUT2D eigenvalue weighted by Crippen LogP contribution is -2.68. The summed E-state index contributed by atoms with van der Waals surface area (Å²) in [4.78, 5) is 103. The van der Waals surface area contributed by atoms with Gasteiger partial charge in [0.15, 0.2) is 43.0 Å². The third-order valence-electron chi connectivity index (χ3n) is 7.19. The van der Waals surface area contributed by atoms with Gasteiger partial charge in [0.1, 0.15) is 36.7 Å². The summed E-state index contributed by atoms with van der Waals surface area (Å²) < 4.78 is 56.0. The maximum absolute atomic E-state index is 13.3. The van der Waals surface area contributed by atoms with Gasteiger partial charge in [-0.1, -0.05) is 11.6 Å². The molecule has 1 aromatic heterocycles. The Morgan fingerprint density at radius 2 is 1.06 bits per heavy atom. The molecule has 2 aliphatic rings. The molecule has 2 aliphatic heterocycles. The van der Waals surface area contributed by atoms with Crippen LogP contribution in [0.4, 0.5) is 0 Å². The van der Waals surface area contributed by atoms with Crippen molar-refractivity contribution in [1.29, 1.82) is 0 Å². The van der Waals surface area contributed by atoms with Gasteiger partial charge in [0.2, 0.25) is 0 Å². The van der Waals surface area contributed by atoms with Crippen molar-refractivity contribution in [2.75, 3.05) is 13.2 Å². The molecule has 2 fully saturated rings. The summed E-state index contributed by atoms with van der Waals surface area (Å²) in [5.74, 6) is -6.99. The molecule has 0 bridgehead atoms. The first-order valence-corrected chi connectivity index (χ1v) is 16.3. The fraction of sp³-hybridized carbons (Fsp3) is 0.594. The van der Waals surface area contributed by atoms with E-state index in [1.165, 1.54) is 12.1 Å². The largest absolute Gasteiger partial charge is 0.463 e. The molecule has 0 aromatic carbocycles. The van der Waals surface area contributed by atoms with Crippen molar-refractivity contribution in [3.05, 3.63) is 29.0 Å². The number of ether oxygens (including phenoxy) is 10. The minimum Gasteiger partial charge on any atom is -0.463 e. The Kier molecular flexibility index (Phi) is 15.4. The molecule has 1 aromatic rings. The Morgan fingerprint density at radius 1 is 0.604 bits per heavy atom. The third kappa shape index (κ3) is 12.6. The molecule has 10 atom stereocenters. The molecular formula is C32H39ClN2O18. The summed E-state index contributed by atoms with van der Waals surface area (Å²) in [5.41, 5.74) is -0.00369. The summed E-state index contributed by atoms with van der Waals surface area (Å²) in [5, 5.41) is 2.60. The van der Waals surface area contributed by atoms with Crippen LogP contribution in [-0.4, -0.2) is 127 Å². The molecule has 0 aliphatic carbocycles. The molecule has 2 saturated heterocycles. The first-order valence-electron chi connectivity index (χ1n) is 15.9. The molecule has 0 spiro atoms. The molecule has 3 heterocycles. The number of nitrogens with one attached hydrogen (secondary N) is 1. The van der Waals surface area contributed by atoms with Crippen LogP contribution in [0.5, 0.6) is 0 Å². The average molecular weight is 775 g/mol. The van der Waals surface area contributed by atoms with Gasteiger partial charge in [0, 0.05) is 54.7 Å². The van der Waals surface area contributed by atoms with E-state index in [4.69, 9.17) is 59.0 Å². The SMILES string of the molecule is CC(=O)OC[C@H]1O[C@@H](NC(=O)c2ccc(Cl)nc2)[C@H](OC(C)=O)[C@@H](OC(C)=O)[C@@H]1O[C@@H]1O[C@H](COC(C)=O)[C@@H](OC(C)=O)[C@H](OC(C)=O)[C@H]1OC(C)=O. The van der Waals surface area contributed by atoms with E-state index in [1.54, 1.807) is 0 Å². The molecule has 0 saturated carbocycles. The van der Waals surface area contributed by atoms with Gasteiger partial charge in [-0.05, 0) is 12.1 Å².